The van der Waals surface area contributed by atoms with Crippen molar-refractivity contribution >= 4 is 15.9 Å². The first-order valence-corrected chi connectivity index (χ1v) is 5.80. The summed E-state index contributed by atoms with van der Waals surface area (Å²) in [5.41, 5.74) is 6.83. The number of likely N-dealkylation sites (N-methyl/N-ethyl adjacent to an activating group) is 1. The highest BCUT2D eigenvalue weighted by molar-refractivity contribution is 9.10. The third kappa shape index (κ3) is 2.95. The minimum absolute atomic E-state index is 0.0604. The van der Waals surface area contributed by atoms with Gasteiger partial charge in [-0.2, -0.15) is 0 Å². The largest absolute Gasteiger partial charge is 0.496 e. The van der Waals surface area contributed by atoms with Crippen LogP contribution in [0.2, 0.25) is 0 Å². The second kappa shape index (κ2) is 6.20. The average molecular weight is 289 g/mol. The van der Waals surface area contributed by atoms with Crippen LogP contribution in [0.3, 0.4) is 0 Å². The van der Waals surface area contributed by atoms with E-state index in [9.17, 15) is 0 Å². The lowest BCUT2D eigenvalue weighted by Gasteiger charge is -2.22. The number of nitrogens with two attached hydrogens (primary N) is 1. The molecule has 0 amide bonds. The van der Waals surface area contributed by atoms with E-state index in [1.54, 1.807) is 7.11 Å². The van der Waals surface area contributed by atoms with Gasteiger partial charge in [0.05, 0.1) is 18.2 Å². The number of ether oxygens (including phenoxy) is 1. The summed E-state index contributed by atoms with van der Waals surface area (Å²) in [6.07, 6.45) is 0. The Labute approximate surface area is 104 Å². The summed E-state index contributed by atoms with van der Waals surface area (Å²) in [6, 6.07) is 5.33. The summed E-state index contributed by atoms with van der Waals surface area (Å²) in [5, 5.41) is 12.2. The second-order valence-corrected chi connectivity index (χ2v) is 4.36. The van der Waals surface area contributed by atoms with Crippen molar-refractivity contribution in [3.63, 3.8) is 0 Å². The third-order valence-electron chi connectivity index (χ3n) is 2.48. The molecule has 0 saturated carbocycles. The number of halogens is 1. The predicted molar refractivity (Wildman–Crippen MR) is 67.6 cm³/mol. The fourth-order valence-electron chi connectivity index (χ4n) is 1.61. The van der Waals surface area contributed by atoms with Gasteiger partial charge in [-0.15, -0.1) is 0 Å². The zero-order chi connectivity index (χ0) is 12.1. The highest BCUT2D eigenvalue weighted by atomic mass is 79.9. The predicted octanol–water partition coefficient (Wildman–Crippen LogP) is 1.04. The van der Waals surface area contributed by atoms with Crippen molar-refractivity contribution in [3.05, 3.63) is 28.2 Å². The van der Waals surface area contributed by atoms with Crippen LogP contribution in [0.25, 0.3) is 0 Å². The molecule has 0 aliphatic rings. The molecule has 2 unspecified atom stereocenters. The molecule has 0 heterocycles. The van der Waals surface area contributed by atoms with Crippen molar-refractivity contribution in [1.82, 2.24) is 5.32 Å². The Kier molecular flexibility index (Phi) is 5.21. The zero-order valence-corrected chi connectivity index (χ0v) is 11.0. The van der Waals surface area contributed by atoms with Gasteiger partial charge in [-0.25, -0.2) is 0 Å². The van der Waals surface area contributed by atoms with E-state index in [2.05, 4.69) is 21.2 Å². The van der Waals surface area contributed by atoms with Gasteiger partial charge in [0.15, 0.2) is 0 Å². The van der Waals surface area contributed by atoms with E-state index in [0.717, 1.165) is 15.8 Å². The zero-order valence-electron chi connectivity index (χ0n) is 9.40. The molecule has 2 atom stereocenters. The molecular weight excluding hydrogens is 272 g/mol. The number of aliphatic hydroxyl groups is 1. The Balaban J connectivity index is 2.98. The normalized spacial score (nSPS) is 14.6. The fourth-order valence-corrected chi connectivity index (χ4v) is 2.17. The summed E-state index contributed by atoms with van der Waals surface area (Å²) in [4.78, 5) is 0. The lowest BCUT2D eigenvalue weighted by molar-refractivity contribution is 0.240. The van der Waals surface area contributed by atoms with E-state index in [4.69, 9.17) is 15.6 Å². The van der Waals surface area contributed by atoms with Crippen LogP contribution < -0.4 is 15.8 Å². The minimum atomic E-state index is -0.328. The Morgan fingerprint density at radius 2 is 2.25 bits per heavy atom. The Morgan fingerprint density at radius 1 is 1.56 bits per heavy atom. The molecule has 0 aliphatic carbocycles. The molecule has 0 fully saturated rings. The van der Waals surface area contributed by atoms with Crippen molar-refractivity contribution < 1.29 is 9.84 Å². The quantitative estimate of drug-likeness (QED) is 0.757. The maximum atomic E-state index is 9.07. The number of nitrogens with one attached hydrogen (secondary N) is 1. The molecule has 16 heavy (non-hydrogen) atoms. The number of methoxy groups -OCH3 is 1. The van der Waals surface area contributed by atoms with Gasteiger partial charge in [-0.1, -0.05) is 6.07 Å². The third-order valence-corrected chi connectivity index (χ3v) is 3.10. The van der Waals surface area contributed by atoms with Crippen LogP contribution in [0.5, 0.6) is 5.75 Å². The number of hydrogen-bond donors (Lipinski definition) is 3. The van der Waals surface area contributed by atoms with Gasteiger partial charge in [0.25, 0.3) is 0 Å². The van der Waals surface area contributed by atoms with Gasteiger partial charge in [0.2, 0.25) is 0 Å². The Bertz CT molecular complexity index is 347. The summed E-state index contributed by atoms with van der Waals surface area (Å²) in [5.74, 6) is 0.774. The molecule has 90 valence electrons. The lowest BCUT2D eigenvalue weighted by atomic mass is 10.0. The second-order valence-electron chi connectivity index (χ2n) is 3.51. The van der Waals surface area contributed by atoms with Crippen LogP contribution in [0.4, 0.5) is 0 Å². The monoisotopic (exact) mass is 288 g/mol. The molecule has 0 radical (unpaired) electrons. The van der Waals surface area contributed by atoms with Crippen molar-refractivity contribution in [3.8, 4) is 5.75 Å². The van der Waals surface area contributed by atoms with Crippen LogP contribution >= 0.6 is 15.9 Å². The van der Waals surface area contributed by atoms with Crippen LogP contribution in [-0.2, 0) is 0 Å². The Hall–Kier alpha value is -0.620. The molecular formula is C11H17BrN2O2. The SMILES string of the molecule is CNC(c1ccc(OC)c(Br)c1)C(N)CO. The van der Waals surface area contributed by atoms with E-state index in [1.165, 1.54) is 0 Å². The number of benzene rings is 1. The van der Waals surface area contributed by atoms with Gasteiger partial charge in [-0.3, -0.25) is 0 Å². The Morgan fingerprint density at radius 3 is 2.69 bits per heavy atom. The van der Waals surface area contributed by atoms with E-state index in [1.807, 2.05) is 25.2 Å². The van der Waals surface area contributed by atoms with E-state index >= 15 is 0 Å². The highest BCUT2D eigenvalue weighted by Gasteiger charge is 2.18. The van der Waals surface area contributed by atoms with Gasteiger partial charge in [0, 0.05) is 12.1 Å². The van der Waals surface area contributed by atoms with Gasteiger partial charge in [-0.05, 0) is 40.7 Å². The molecule has 0 saturated heterocycles. The van der Waals surface area contributed by atoms with Crippen LogP contribution in [0.1, 0.15) is 11.6 Å². The summed E-state index contributed by atoms with van der Waals surface area (Å²) < 4.78 is 6.03. The molecule has 0 aliphatic heterocycles. The van der Waals surface area contributed by atoms with Gasteiger partial charge >= 0.3 is 0 Å². The van der Waals surface area contributed by atoms with E-state index in [0.29, 0.717) is 0 Å². The summed E-state index contributed by atoms with van der Waals surface area (Å²) in [6.45, 7) is -0.0604. The summed E-state index contributed by atoms with van der Waals surface area (Å²) >= 11 is 3.42. The van der Waals surface area contributed by atoms with Crippen molar-refractivity contribution in [2.75, 3.05) is 20.8 Å². The van der Waals surface area contributed by atoms with Crippen LogP contribution in [-0.4, -0.2) is 31.9 Å². The smallest absolute Gasteiger partial charge is 0.133 e. The lowest BCUT2D eigenvalue weighted by Crippen LogP contribution is -2.38. The van der Waals surface area contributed by atoms with E-state index in [-0.39, 0.29) is 18.7 Å². The molecule has 1 rings (SSSR count). The molecule has 5 heteroatoms. The van der Waals surface area contributed by atoms with Crippen molar-refractivity contribution in [2.45, 2.75) is 12.1 Å². The van der Waals surface area contributed by atoms with Crippen molar-refractivity contribution in [2.24, 2.45) is 5.73 Å². The number of aliphatic hydroxyl groups excluding tert-OH is 1. The molecule has 4 N–H and O–H groups in total. The first kappa shape index (κ1) is 13.4. The van der Waals surface area contributed by atoms with Crippen LogP contribution in [0, 0.1) is 0 Å². The topological polar surface area (TPSA) is 67.5 Å². The van der Waals surface area contributed by atoms with E-state index < -0.39 is 0 Å². The number of rotatable bonds is 5. The minimum Gasteiger partial charge on any atom is -0.496 e. The number of hydrogen-bond acceptors (Lipinski definition) is 4. The summed E-state index contributed by atoms with van der Waals surface area (Å²) in [7, 11) is 3.44. The molecule has 0 bridgehead atoms. The van der Waals surface area contributed by atoms with Crippen LogP contribution in [0.15, 0.2) is 22.7 Å². The first-order chi connectivity index (χ1) is 7.63. The van der Waals surface area contributed by atoms with Crippen molar-refractivity contribution in [1.29, 1.82) is 0 Å². The molecule has 0 aromatic heterocycles. The maximum absolute atomic E-state index is 9.07. The standard InChI is InChI=1S/C11H17BrN2O2/c1-14-11(9(13)6-15)7-3-4-10(16-2)8(12)5-7/h3-5,9,11,14-15H,6,13H2,1-2H3. The molecule has 0 spiro atoms. The fraction of sp³-hybridized carbons (Fsp3) is 0.455. The van der Waals surface area contributed by atoms with Gasteiger partial charge in [0.1, 0.15) is 5.75 Å². The molecule has 4 nitrogen and oxygen atoms in total. The highest BCUT2D eigenvalue weighted by Crippen LogP contribution is 2.28. The average Bonchev–Trinajstić information content (AvgIpc) is 2.30. The van der Waals surface area contributed by atoms with Gasteiger partial charge < -0.3 is 20.9 Å². The maximum Gasteiger partial charge on any atom is 0.133 e. The first-order valence-electron chi connectivity index (χ1n) is 5.01. The molecule has 1 aromatic rings. The molecule has 1 aromatic carbocycles.